The molecule has 2 N–H and O–H groups in total. The molecule has 0 aliphatic carbocycles. The molecule has 6 nitrogen and oxygen atoms in total. The second-order valence-electron chi connectivity index (χ2n) is 11.6. The zero-order chi connectivity index (χ0) is 28.8. The Morgan fingerprint density at radius 3 is 2.42 bits per heavy atom. The molecule has 1 aromatic heterocycles. The number of carbonyl (C=O) groups is 1. The highest BCUT2D eigenvalue weighted by atomic mass is 19.1. The van der Waals surface area contributed by atoms with Gasteiger partial charge in [-0.3, -0.25) is 9.59 Å². The van der Waals surface area contributed by atoms with Crippen molar-refractivity contribution in [3.05, 3.63) is 93.2 Å². The monoisotopic (exact) mass is 547 g/mol. The fourth-order valence-corrected chi connectivity index (χ4v) is 5.75. The Morgan fingerprint density at radius 2 is 1.80 bits per heavy atom. The molecule has 2 aromatic carbocycles. The maximum absolute atomic E-state index is 13.9. The van der Waals surface area contributed by atoms with E-state index in [9.17, 15) is 19.1 Å². The van der Waals surface area contributed by atoms with E-state index in [4.69, 9.17) is 0 Å². The van der Waals surface area contributed by atoms with Crippen molar-refractivity contribution in [3.63, 3.8) is 0 Å². The Labute approximate surface area is 236 Å². The van der Waals surface area contributed by atoms with Gasteiger partial charge < -0.3 is 19.9 Å². The largest absolute Gasteiger partial charge is 0.481 e. The van der Waals surface area contributed by atoms with E-state index in [-0.39, 0.29) is 23.8 Å². The lowest BCUT2D eigenvalue weighted by atomic mass is 9.92. The summed E-state index contributed by atoms with van der Waals surface area (Å²) in [6.07, 6.45) is 4.84. The molecular weight excluding hydrogens is 505 g/mol. The quantitative estimate of drug-likeness (QED) is 0.278. The van der Waals surface area contributed by atoms with E-state index in [2.05, 4.69) is 24.1 Å². The molecule has 3 aromatic rings. The molecule has 0 saturated carbocycles. The Kier molecular flexibility index (Phi) is 9.93. The van der Waals surface area contributed by atoms with Crippen LogP contribution >= 0.6 is 0 Å². The van der Waals surface area contributed by atoms with Gasteiger partial charge in [-0.1, -0.05) is 38.1 Å². The number of carboxylic acid groups (broad SMARTS) is 1. The average molecular weight is 548 g/mol. The number of pyridine rings is 1. The number of halogens is 1. The number of rotatable bonds is 13. The van der Waals surface area contributed by atoms with Crippen LogP contribution in [0.4, 0.5) is 4.39 Å². The van der Waals surface area contributed by atoms with Crippen molar-refractivity contribution in [1.82, 2.24) is 14.8 Å². The lowest BCUT2D eigenvalue weighted by Gasteiger charge is -2.30. The number of aliphatic carboxylic acids is 1. The predicted octanol–water partition coefficient (Wildman–Crippen LogP) is 5.91. The normalized spacial score (nSPS) is 15.2. The first kappa shape index (κ1) is 29.7. The number of hydrogen-bond donors (Lipinski definition) is 2. The van der Waals surface area contributed by atoms with Crippen LogP contribution in [0.5, 0.6) is 0 Å². The van der Waals surface area contributed by atoms with Gasteiger partial charge in [0.2, 0.25) is 0 Å². The minimum Gasteiger partial charge on any atom is -0.481 e. The average Bonchev–Trinajstić information content (AvgIpc) is 2.85. The van der Waals surface area contributed by atoms with E-state index < -0.39 is 12.0 Å². The van der Waals surface area contributed by atoms with E-state index in [0.717, 1.165) is 65.9 Å². The number of aromatic nitrogens is 1. The van der Waals surface area contributed by atoms with Crippen LogP contribution in [0.1, 0.15) is 67.4 Å². The first-order valence-electron chi connectivity index (χ1n) is 14.4. The summed E-state index contributed by atoms with van der Waals surface area (Å²) in [6, 6.07) is 13.9. The third kappa shape index (κ3) is 7.67. The number of benzene rings is 2. The topological polar surface area (TPSA) is 74.6 Å². The lowest BCUT2D eigenvalue weighted by Crippen LogP contribution is -2.38. The molecule has 4 rings (SSSR count). The highest BCUT2D eigenvalue weighted by Crippen LogP contribution is 2.31. The number of nitrogens with zero attached hydrogens (tertiary/aromatic N) is 2. The third-order valence-corrected chi connectivity index (χ3v) is 7.86. The minimum absolute atomic E-state index is 0.0424. The minimum atomic E-state index is -0.900. The smallest absolute Gasteiger partial charge is 0.305 e. The molecule has 0 bridgehead atoms. The van der Waals surface area contributed by atoms with E-state index >= 15 is 0 Å². The van der Waals surface area contributed by atoms with Crippen molar-refractivity contribution in [1.29, 1.82) is 0 Å². The molecule has 1 saturated heterocycles. The number of nitrogens with one attached hydrogen (secondary N) is 1. The Morgan fingerprint density at radius 1 is 1.07 bits per heavy atom. The zero-order valence-corrected chi connectivity index (χ0v) is 24.1. The number of likely N-dealkylation sites (tertiary alicyclic amines) is 1. The van der Waals surface area contributed by atoms with Gasteiger partial charge in [0.05, 0.1) is 6.42 Å². The van der Waals surface area contributed by atoms with Crippen molar-refractivity contribution in [2.24, 2.45) is 5.92 Å². The predicted molar refractivity (Wildman–Crippen MR) is 158 cm³/mol. The van der Waals surface area contributed by atoms with Crippen molar-refractivity contribution >= 4 is 5.97 Å². The van der Waals surface area contributed by atoms with E-state index in [0.29, 0.717) is 12.5 Å². The summed E-state index contributed by atoms with van der Waals surface area (Å²) in [6.45, 7) is 11.8. The third-order valence-electron chi connectivity index (χ3n) is 7.86. The van der Waals surface area contributed by atoms with E-state index in [1.807, 2.05) is 54.9 Å². The van der Waals surface area contributed by atoms with Gasteiger partial charge in [0.15, 0.2) is 0 Å². The van der Waals surface area contributed by atoms with Crippen LogP contribution in [-0.4, -0.2) is 46.7 Å². The van der Waals surface area contributed by atoms with Crippen LogP contribution < -0.4 is 10.9 Å². The van der Waals surface area contributed by atoms with Crippen molar-refractivity contribution in [3.8, 4) is 11.1 Å². The maximum atomic E-state index is 13.9. The van der Waals surface area contributed by atoms with Crippen LogP contribution in [-0.2, 0) is 11.2 Å². The van der Waals surface area contributed by atoms with Crippen LogP contribution in [0, 0.1) is 25.6 Å². The summed E-state index contributed by atoms with van der Waals surface area (Å²) in [4.78, 5) is 27.3. The van der Waals surface area contributed by atoms with E-state index in [1.165, 1.54) is 18.6 Å². The first-order chi connectivity index (χ1) is 19.1. The molecule has 1 aliphatic rings. The van der Waals surface area contributed by atoms with E-state index in [1.54, 1.807) is 6.07 Å². The van der Waals surface area contributed by atoms with Crippen LogP contribution in [0.15, 0.2) is 59.5 Å². The summed E-state index contributed by atoms with van der Waals surface area (Å²) in [5, 5.41) is 13.2. The Balaban J connectivity index is 1.58. The maximum Gasteiger partial charge on any atom is 0.305 e. The van der Waals surface area contributed by atoms with Gasteiger partial charge in [-0.05, 0) is 104 Å². The van der Waals surface area contributed by atoms with Crippen LogP contribution in [0.2, 0.25) is 0 Å². The highest BCUT2D eigenvalue weighted by molar-refractivity contribution is 5.72. The molecule has 40 heavy (non-hydrogen) atoms. The molecule has 1 aliphatic heterocycles. The molecule has 1 fully saturated rings. The standard InChI is InChI=1S/C33H42FN3O3/c1-22(2)15-29(37-21-25(9-10-31(37)38)11-14-36-12-6-13-36)20-35-30(19-32(39)40)26-7-5-8-27(18-26)33-23(3)16-28(34)17-24(33)4/h5,7-10,16-18,21-22,29-30,35H,6,11-15,19-20H2,1-4H3,(H,39,40)/t29?,30-/m0/s1. The molecule has 1 unspecified atom stereocenters. The molecular formula is C33H42FN3O3. The summed E-state index contributed by atoms with van der Waals surface area (Å²) >= 11 is 0. The molecule has 0 spiro atoms. The van der Waals surface area contributed by atoms with Crippen molar-refractivity contribution in [2.75, 3.05) is 26.2 Å². The molecule has 0 amide bonds. The SMILES string of the molecule is Cc1cc(F)cc(C)c1-c1cccc([C@H](CC(=O)O)NCC(CC(C)C)n2cc(CCN3CCC3)ccc2=O)c1. The van der Waals surface area contributed by atoms with Gasteiger partial charge >= 0.3 is 5.97 Å². The van der Waals surface area contributed by atoms with Gasteiger partial charge in [-0.15, -0.1) is 0 Å². The summed E-state index contributed by atoms with van der Waals surface area (Å²) in [5.41, 5.74) is 5.50. The molecule has 2 atom stereocenters. The highest BCUT2D eigenvalue weighted by Gasteiger charge is 2.21. The van der Waals surface area contributed by atoms with Crippen LogP contribution in [0.25, 0.3) is 11.1 Å². The first-order valence-corrected chi connectivity index (χ1v) is 14.4. The second-order valence-corrected chi connectivity index (χ2v) is 11.6. The fraction of sp³-hybridized carbons (Fsp3) is 0.455. The van der Waals surface area contributed by atoms with Crippen LogP contribution in [0.3, 0.4) is 0 Å². The lowest BCUT2D eigenvalue weighted by molar-refractivity contribution is -0.137. The van der Waals surface area contributed by atoms with Gasteiger partial charge in [0.25, 0.3) is 5.56 Å². The number of hydrogen-bond acceptors (Lipinski definition) is 4. The summed E-state index contributed by atoms with van der Waals surface area (Å²) in [5.74, 6) is -0.812. The van der Waals surface area contributed by atoms with Crippen molar-refractivity contribution < 1.29 is 14.3 Å². The second kappa shape index (κ2) is 13.4. The zero-order valence-electron chi connectivity index (χ0n) is 24.1. The van der Waals surface area contributed by atoms with Gasteiger partial charge in [0.1, 0.15) is 5.82 Å². The van der Waals surface area contributed by atoms with Gasteiger partial charge in [0, 0.05) is 37.4 Å². The summed E-state index contributed by atoms with van der Waals surface area (Å²) in [7, 11) is 0. The van der Waals surface area contributed by atoms with Gasteiger partial charge in [-0.25, -0.2) is 4.39 Å². The number of aryl methyl sites for hydroxylation is 2. The van der Waals surface area contributed by atoms with Gasteiger partial charge in [-0.2, -0.15) is 0 Å². The Hall–Kier alpha value is -3.29. The molecule has 7 heteroatoms. The Bertz CT molecular complexity index is 1360. The summed E-state index contributed by atoms with van der Waals surface area (Å²) < 4.78 is 15.8. The van der Waals surface area contributed by atoms with Crippen molar-refractivity contribution in [2.45, 2.75) is 65.5 Å². The molecule has 2 heterocycles. The fourth-order valence-electron chi connectivity index (χ4n) is 5.75. The number of carboxylic acids is 1. The molecule has 0 radical (unpaired) electrons. The molecule has 214 valence electrons.